The van der Waals surface area contributed by atoms with Crippen molar-refractivity contribution in [2.45, 2.75) is 52.4 Å². The van der Waals surface area contributed by atoms with E-state index in [0.29, 0.717) is 25.4 Å². The van der Waals surface area contributed by atoms with Gasteiger partial charge in [0.05, 0.1) is 36.5 Å². The smallest absolute Gasteiger partial charge is 0.317 e. The molecule has 2 heterocycles. The quantitative estimate of drug-likeness (QED) is 0.901. The van der Waals surface area contributed by atoms with Crippen LogP contribution in [0.2, 0.25) is 0 Å². The van der Waals surface area contributed by atoms with Crippen LogP contribution in [0.1, 0.15) is 39.1 Å². The molecule has 1 fully saturated rings. The standard InChI is InChI=1S/C14H23N3O3/c1-10-6-11(19-16-10)7-15-12(18)17-8-13(2,3)20-14(4,5)9-17/h6H,7-9H2,1-5H3,(H,15,18). The van der Waals surface area contributed by atoms with Crippen molar-refractivity contribution < 1.29 is 14.1 Å². The fraction of sp³-hybridized carbons (Fsp3) is 0.714. The third-order valence-corrected chi connectivity index (χ3v) is 3.07. The molecule has 1 aromatic heterocycles. The third kappa shape index (κ3) is 3.72. The van der Waals surface area contributed by atoms with Crippen LogP contribution in [0.4, 0.5) is 4.79 Å². The van der Waals surface area contributed by atoms with Crippen molar-refractivity contribution in [1.82, 2.24) is 15.4 Å². The van der Waals surface area contributed by atoms with Crippen LogP contribution in [0.5, 0.6) is 0 Å². The Morgan fingerprint density at radius 2 is 1.95 bits per heavy atom. The van der Waals surface area contributed by atoms with Crippen molar-refractivity contribution in [3.05, 3.63) is 17.5 Å². The van der Waals surface area contributed by atoms with E-state index in [0.717, 1.165) is 5.69 Å². The van der Waals surface area contributed by atoms with E-state index in [9.17, 15) is 4.79 Å². The van der Waals surface area contributed by atoms with Gasteiger partial charge in [0.1, 0.15) is 0 Å². The van der Waals surface area contributed by atoms with Crippen LogP contribution in [-0.2, 0) is 11.3 Å². The Bertz CT molecular complexity index is 478. The number of hydrogen-bond acceptors (Lipinski definition) is 4. The number of aryl methyl sites for hydroxylation is 1. The number of rotatable bonds is 2. The number of carbonyl (C=O) groups excluding carboxylic acids is 1. The predicted octanol–water partition coefficient (Wildman–Crippen LogP) is 2.08. The molecule has 0 atom stereocenters. The highest BCUT2D eigenvalue weighted by Crippen LogP contribution is 2.27. The van der Waals surface area contributed by atoms with Gasteiger partial charge in [0, 0.05) is 6.07 Å². The number of morpholine rings is 1. The topological polar surface area (TPSA) is 67.6 Å². The second kappa shape index (κ2) is 5.09. The Labute approximate surface area is 119 Å². The first-order chi connectivity index (χ1) is 9.17. The Morgan fingerprint density at radius 3 is 2.45 bits per heavy atom. The average molecular weight is 281 g/mol. The van der Waals surface area contributed by atoms with E-state index in [1.54, 1.807) is 4.90 Å². The summed E-state index contributed by atoms with van der Waals surface area (Å²) in [5.41, 5.74) is 0.118. The Morgan fingerprint density at radius 1 is 1.35 bits per heavy atom. The predicted molar refractivity (Wildman–Crippen MR) is 74.3 cm³/mol. The zero-order chi connectivity index (χ0) is 15.0. The first kappa shape index (κ1) is 14.8. The molecule has 6 nitrogen and oxygen atoms in total. The highest BCUT2D eigenvalue weighted by Gasteiger charge is 2.39. The van der Waals surface area contributed by atoms with Crippen molar-refractivity contribution in [2.75, 3.05) is 13.1 Å². The largest absolute Gasteiger partial charge is 0.366 e. The van der Waals surface area contributed by atoms with Gasteiger partial charge in [0.25, 0.3) is 0 Å². The summed E-state index contributed by atoms with van der Waals surface area (Å²) in [5, 5.41) is 6.65. The van der Waals surface area contributed by atoms with Gasteiger partial charge < -0.3 is 19.5 Å². The number of hydrogen-bond donors (Lipinski definition) is 1. The van der Waals surface area contributed by atoms with Crippen LogP contribution in [0.25, 0.3) is 0 Å². The van der Waals surface area contributed by atoms with E-state index >= 15 is 0 Å². The van der Waals surface area contributed by atoms with Crippen molar-refractivity contribution in [3.63, 3.8) is 0 Å². The molecule has 20 heavy (non-hydrogen) atoms. The summed E-state index contributed by atoms with van der Waals surface area (Å²) in [4.78, 5) is 14.0. The average Bonchev–Trinajstić information content (AvgIpc) is 2.67. The Kier molecular flexibility index (Phi) is 3.77. The van der Waals surface area contributed by atoms with E-state index in [1.165, 1.54) is 0 Å². The van der Waals surface area contributed by atoms with E-state index in [2.05, 4.69) is 10.5 Å². The monoisotopic (exact) mass is 281 g/mol. The van der Waals surface area contributed by atoms with Crippen LogP contribution >= 0.6 is 0 Å². The fourth-order valence-electron chi connectivity index (χ4n) is 2.71. The second-order valence-corrected chi connectivity index (χ2v) is 6.57. The van der Waals surface area contributed by atoms with Gasteiger partial charge >= 0.3 is 6.03 Å². The number of urea groups is 1. The van der Waals surface area contributed by atoms with Gasteiger partial charge in [-0.15, -0.1) is 0 Å². The van der Waals surface area contributed by atoms with Gasteiger partial charge in [-0.05, 0) is 34.6 Å². The SMILES string of the molecule is Cc1cc(CNC(=O)N2CC(C)(C)OC(C)(C)C2)on1. The zero-order valence-corrected chi connectivity index (χ0v) is 12.8. The van der Waals surface area contributed by atoms with Crippen molar-refractivity contribution >= 4 is 6.03 Å². The molecule has 0 saturated carbocycles. The highest BCUT2D eigenvalue weighted by atomic mass is 16.5. The molecular formula is C14H23N3O3. The minimum Gasteiger partial charge on any atom is -0.366 e. The summed E-state index contributed by atoms with van der Waals surface area (Å²) < 4.78 is 11.0. The number of ether oxygens (including phenoxy) is 1. The van der Waals surface area contributed by atoms with Gasteiger partial charge in [0.15, 0.2) is 5.76 Å². The maximum atomic E-state index is 12.3. The molecule has 0 spiro atoms. The fourth-order valence-corrected chi connectivity index (χ4v) is 2.71. The zero-order valence-electron chi connectivity index (χ0n) is 12.8. The maximum Gasteiger partial charge on any atom is 0.317 e. The van der Waals surface area contributed by atoms with Crippen molar-refractivity contribution in [1.29, 1.82) is 0 Å². The molecule has 1 aliphatic rings. The van der Waals surface area contributed by atoms with Gasteiger partial charge in [-0.3, -0.25) is 0 Å². The lowest BCUT2D eigenvalue weighted by Gasteiger charge is -2.46. The molecule has 112 valence electrons. The summed E-state index contributed by atoms with van der Waals surface area (Å²) in [7, 11) is 0. The molecular weight excluding hydrogens is 258 g/mol. The van der Waals surface area contributed by atoms with Crippen molar-refractivity contribution in [2.24, 2.45) is 0 Å². The van der Waals surface area contributed by atoms with Crippen LogP contribution in [0.15, 0.2) is 10.6 Å². The number of nitrogens with one attached hydrogen (secondary N) is 1. The summed E-state index contributed by atoms with van der Waals surface area (Å²) in [6.07, 6.45) is 0. The normalized spacial score (nSPS) is 20.8. The Balaban J connectivity index is 1.94. The first-order valence-corrected chi connectivity index (χ1v) is 6.82. The lowest BCUT2D eigenvalue weighted by atomic mass is 9.99. The summed E-state index contributed by atoms with van der Waals surface area (Å²) in [6, 6.07) is 1.71. The minimum atomic E-state index is -0.345. The molecule has 0 radical (unpaired) electrons. The maximum absolute atomic E-state index is 12.3. The van der Waals surface area contributed by atoms with Crippen LogP contribution in [0, 0.1) is 6.92 Å². The molecule has 0 bridgehead atoms. The van der Waals surface area contributed by atoms with Gasteiger partial charge in [-0.1, -0.05) is 5.16 Å². The molecule has 1 N–H and O–H groups in total. The first-order valence-electron chi connectivity index (χ1n) is 6.82. The van der Waals surface area contributed by atoms with Crippen LogP contribution in [-0.4, -0.2) is 40.4 Å². The second-order valence-electron chi connectivity index (χ2n) is 6.57. The van der Waals surface area contributed by atoms with E-state index in [1.807, 2.05) is 40.7 Å². The number of aromatic nitrogens is 1. The number of amides is 2. The third-order valence-electron chi connectivity index (χ3n) is 3.07. The van der Waals surface area contributed by atoms with Gasteiger partial charge in [0.2, 0.25) is 0 Å². The molecule has 2 amide bonds. The molecule has 0 unspecified atom stereocenters. The molecule has 1 aromatic rings. The molecule has 0 aliphatic carbocycles. The van der Waals surface area contributed by atoms with Crippen molar-refractivity contribution in [3.8, 4) is 0 Å². The highest BCUT2D eigenvalue weighted by molar-refractivity contribution is 5.74. The van der Waals surface area contributed by atoms with Crippen LogP contribution in [0.3, 0.4) is 0 Å². The number of nitrogens with zero attached hydrogens (tertiary/aromatic N) is 2. The van der Waals surface area contributed by atoms with Crippen LogP contribution < -0.4 is 5.32 Å². The Hall–Kier alpha value is -1.56. The summed E-state index contributed by atoms with van der Waals surface area (Å²) in [5.74, 6) is 0.655. The van der Waals surface area contributed by atoms with E-state index in [-0.39, 0.29) is 17.2 Å². The van der Waals surface area contributed by atoms with E-state index < -0.39 is 0 Å². The molecule has 2 rings (SSSR count). The summed E-state index contributed by atoms with van der Waals surface area (Å²) in [6.45, 7) is 11.3. The lowest BCUT2D eigenvalue weighted by molar-refractivity contribution is -0.170. The minimum absolute atomic E-state index is 0.108. The molecule has 6 heteroatoms. The molecule has 0 aromatic carbocycles. The summed E-state index contributed by atoms with van der Waals surface area (Å²) >= 11 is 0. The van der Waals surface area contributed by atoms with Gasteiger partial charge in [-0.2, -0.15) is 0 Å². The lowest BCUT2D eigenvalue weighted by Crippen LogP contribution is -2.60. The molecule has 1 saturated heterocycles. The van der Waals surface area contributed by atoms with Gasteiger partial charge in [-0.25, -0.2) is 4.79 Å². The van der Waals surface area contributed by atoms with E-state index in [4.69, 9.17) is 9.26 Å². The molecule has 1 aliphatic heterocycles. The number of carbonyl (C=O) groups is 1.